The molecule has 0 saturated heterocycles. The molecule has 0 radical (unpaired) electrons. The minimum absolute atomic E-state index is 0.00428. The lowest BCUT2D eigenvalue weighted by Crippen LogP contribution is -2.39. The van der Waals surface area contributed by atoms with Crippen LogP contribution < -0.4 is 4.74 Å². The Kier molecular flexibility index (Phi) is 6.37. The zero-order chi connectivity index (χ0) is 17.7. The zero-order valence-corrected chi connectivity index (χ0v) is 15.9. The van der Waals surface area contributed by atoms with Gasteiger partial charge in [0, 0.05) is 17.3 Å². The second-order valence-electron chi connectivity index (χ2n) is 6.55. The second kappa shape index (κ2) is 8.29. The number of thiazole rings is 1. The Bertz CT molecular complexity index is 662. The van der Waals surface area contributed by atoms with E-state index in [1.807, 2.05) is 62.2 Å². The second-order valence-corrected chi connectivity index (χ2v) is 7.49. The van der Waals surface area contributed by atoms with Gasteiger partial charge < -0.3 is 9.64 Å². The van der Waals surface area contributed by atoms with E-state index < -0.39 is 0 Å². The standard InChI is InChI=1S/C19H26N2O2S/c1-13(2)19(22)21(14(3)4)10-16-12-24-18(20-16)11-23-17-8-6-15(5)7-9-17/h6-9,12-14H,10-11H2,1-5H3. The minimum atomic E-state index is -0.00428. The molecule has 0 aliphatic heterocycles. The zero-order valence-electron chi connectivity index (χ0n) is 15.1. The van der Waals surface area contributed by atoms with Crippen molar-refractivity contribution in [2.75, 3.05) is 0 Å². The van der Waals surface area contributed by atoms with Gasteiger partial charge in [0.2, 0.25) is 5.91 Å². The molecule has 0 atom stereocenters. The van der Waals surface area contributed by atoms with Crippen LogP contribution in [-0.2, 0) is 17.9 Å². The fraction of sp³-hybridized carbons (Fsp3) is 0.474. The van der Waals surface area contributed by atoms with Crippen molar-refractivity contribution < 1.29 is 9.53 Å². The van der Waals surface area contributed by atoms with Crippen LogP contribution in [0.4, 0.5) is 0 Å². The van der Waals surface area contributed by atoms with Crippen LogP contribution in [0.2, 0.25) is 0 Å². The highest BCUT2D eigenvalue weighted by molar-refractivity contribution is 7.09. The molecule has 0 spiro atoms. The third kappa shape index (κ3) is 5.06. The maximum absolute atomic E-state index is 12.3. The average Bonchev–Trinajstić information content (AvgIpc) is 2.98. The predicted octanol–water partition coefficient (Wildman–Crippen LogP) is 4.42. The van der Waals surface area contributed by atoms with E-state index in [9.17, 15) is 4.79 Å². The molecule has 0 unspecified atom stereocenters. The predicted molar refractivity (Wildman–Crippen MR) is 98.1 cm³/mol. The molecular weight excluding hydrogens is 320 g/mol. The molecule has 0 saturated carbocycles. The Labute approximate surface area is 148 Å². The van der Waals surface area contributed by atoms with E-state index in [0.29, 0.717) is 13.2 Å². The Hall–Kier alpha value is -1.88. The molecule has 0 N–H and O–H groups in total. The van der Waals surface area contributed by atoms with Crippen molar-refractivity contribution in [2.24, 2.45) is 5.92 Å². The van der Waals surface area contributed by atoms with Gasteiger partial charge >= 0.3 is 0 Å². The van der Waals surface area contributed by atoms with Gasteiger partial charge in [-0.1, -0.05) is 31.5 Å². The molecule has 4 nitrogen and oxygen atoms in total. The van der Waals surface area contributed by atoms with Gasteiger partial charge in [-0.2, -0.15) is 0 Å². The van der Waals surface area contributed by atoms with Crippen molar-refractivity contribution in [3.63, 3.8) is 0 Å². The van der Waals surface area contributed by atoms with E-state index in [2.05, 4.69) is 11.9 Å². The molecule has 1 amide bonds. The largest absolute Gasteiger partial charge is 0.486 e. The lowest BCUT2D eigenvalue weighted by molar-refractivity contribution is -0.136. The van der Waals surface area contributed by atoms with Crippen molar-refractivity contribution in [3.05, 3.63) is 45.9 Å². The summed E-state index contributed by atoms with van der Waals surface area (Å²) in [4.78, 5) is 18.8. The van der Waals surface area contributed by atoms with E-state index in [-0.39, 0.29) is 17.9 Å². The van der Waals surface area contributed by atoms with E-state index in [4.69, 9.17) is 4.74 Å². The van der Waals surface area contributed by atoms with Gasteiger partial charge in [-0.15, -0.1) is 11.3 Å². The van der Waals surface area contributed by atoms with Crippen LogP contribution in [0.5, 0.6) is 5.75 Å². The summed E-state index contributed by atoms with van der Waals surface area (Å²) in [6, 6.07) is 8.15. The summed E-state index contributed by atoms with van der Waals surface area (Å²) < 4.78 is 5.77. The maximum atomic E-state index is 12.3. The summed E-state index contributed by atoms with van der Waals surface area (Å²) in [5.74, 6) is 1.00. The first kappa shape index (κ1) is 18.5. The molecular formula is C19H26N2O2S. The lowest BCUT2D eigenvalue weighted by Gasteiger charge is -2.27. The van der Waals surface area contributed by atoms with Gasteiger partial charge in [0.05, 0.1) is 12.2 Å². The number of aromatic nitrogens is 1. The van der Waals surface area contributed by atoms with Gasteiger partial charge in [0.15, 0.2) is 0 Å². The number of benzene rings is 1. The number of nitrogens with zero attached hydrogens (tertiary/aromatic N) is 2. The summed E-state index contributed by atoms with van der Waals surface area (Å²) in [6.07, 6.45) is 0. The maximum Gasteiger partial charge on any atom is 0.225 e. The SMILES string of the molecule is Cc1ccc(OCc2nc(CN(C(=O)C(C)C)C(C)C)cs2)cc1. The third-order valence-corrected chi connectivity index (χ3v) is 4.59. The van der Waals surface area contributed by atoms with E-state index in [1.165, 1.54) is 5.56 Å². The van der Waals surface area contributed by atoms with Crippen molar-refractivity contribution in [3.8, 4) is 5.75 Å². The monoisotopic (exact) mass is 346 g/mol. The van der Waals surface area contributed by atoms with Gasteiger partial charge in [0.25, 0.3) is 0 Å². The number of carbonyl (C=O) groups is 1. The van der Waals surface area contributed by atoms with Crippen molar-refractivity contribution in [2.45, 2.75) is 53.8 Å². The van der Waals surface area contributed by atoms with E-state index in [0.717, 1.165) is 16.5 Å². The van der Waals surface area contributed by atoms with E-state index >= 15 is 0 Å². The molecule has 5 heteroatoms. The molecule has 0 aliphatic carbocycles. The number of amides is 1. The van der Waals surface area contributed by atoms with Crippen molar-refractivity contribution >= 4 is 17.2 Å². The molecule has 24 heavy (non-hydrogen) atoms. The number of hydrogen-bond donors (Lipinski definition) is 0. The van der Waals surface area contributed by atoms with Crippen LogP contribution in [0, 0.1) is 12.8 Å². The summed E-state index contributed by atoms with van der Waals surface area (Å²) >= 11 is 1.57. The minimum Gasteiger partial charge on any atom is -0.486 e. The quantitative estimate of drug-likeness (QED) is 0.745. The highest BCUT2D eigenvalue weighted by Crippen LogP contribution is 2.18. The molecule has 2 aromatic rings. The first-order chi connectivity index (χ1) is 11.4. The Morgan fingerprint density at radius 1 is 1.21 bits per heavy atom. The Balaban J connectivity index is 1.96. The van der Waals surface area contributed by atoms with E-state index in [1.54, 1.807) is 11.3 Å². The smallest absolute Gasteiger partial charge is 0.225 e. The fourth-order valence-electron chi connectivity index (χ4n) is 2.29. The van der Waals surface area contributed by atoms with Gasteiger partial charge in [-0.05, 0) is 32.9 Å². The molecule has 2 rings (SSSR count). The molecule has 1 heterocycles. The first-order valence-corrected chi connectivity index (χ1v) is 9.18. The topological polar surface area (TPSA) is 42.4 Å². The Morgan fingerprint density at radius 2 is 1.88 bits per heavy atom. The van der Waals surface area contributed by atoms with Crippen LogP contribution in [-0.4, -0.2) is 21.8 Å². The summed E-state index contributed by atoms with van der Waals surface area (Å²) in [6.45, 7) is 11.0. The average molecular weight is 346 g/mol. The summed E-state index contributed by atoms with van der Waals surface area (Å²) in [7, 11) is 0. The molecule has 130 valence electrons. The molecule has 1 aromatic carbocycles. The molecule has 0 aliphatic rings. The van der Waals surface area contributed by atoms with Gasteiger partial charge in [0.1, 0.15) is 17.4 Å². The number of rotatable bonds is 7. The van der Waals surface area contributed by atoms with Crippen LogP contribution in [0.3, 0.4) is 0 Å². The number of ether oxygens (including phenoxy) is 1. The lowest BCUT2D eigenvalue weighted by atomic mass is 10.1. The third-order valence-electron chi connectivity index (χ3n) is 3.72. The Morgan fingerprint density at radius 3 is 2.46 bits per heavy atom. The van der Waals surface area contributed by atoms with Crippen LogP contribution in [0.25, 0.3) is 0 Å². The number of hydrogen-bond acceptors (Lipinski definition) is 4. The fourth-order valence-corrected chi connectivity index (χ4v) is 2.98. The summed E-state index contributed by atoms with van der Waals surface area (Å²) in [5.41, 5.74) is 2.13. The normalized spacial score (nSPS) is 11.1. The van der Waals surface area contributed by atoms with Crippen molar-refractivity contribution in [1.82, 2.24) is 9.88 Å². The van der Waals surface area contributed by atoms with Gasteiger partial charge in [-0.25, -0.2) is 4.98 Å². The van der Waals surface area contributed by atoms with Crippen LogP contribution in [0.15, 0.2) is 29.6 Å². The number of aryl methyl sites for hydroxylation is 1. The van der Waals surface area contributed by atoms with Crippen LogP contribution >= 0.6 is 11.3 Å². The first-order valence-electron chi connectivity index (χ1n) is 8.30. The van der Waals surface area contributed by atoms with Crippen LogP contribution in [0.1, 0.15) is 44.0 Å². The number of carbonyl (C=O) groups excluding carboxylic acids is 1. The molecule has 0 bridgehead atoms. The summed E-state index contributed by atoms with van der Waals surface area (Å²) in [5, 5.41) is 2.93. The molecule has 0 fully saturated rings. The van der Waals surface area contributed by atoms with Crippen molar-refractivity contribution in [1.29, 1.82) is 0 Å². The van der Waals surface area contributed by atoms with Gasteiger partial charge in [-0.3, -0.25) is 4.79 Å². The highest BCUT2D eigenvalue weighted by Gasteiger charge is 2.21. The molecule has 1 aromatic heterocycles. The highest BCUT2D eigenvalue weighted by atomic mass is 32.1.